The number of imidazole rings is 1. The van der Waals surface area contributed by atoms with Crippen LogP contribution in [0.2, 0.25) is 0 Å². The zero-order valence-electron chi connectivity index (χ0n) is 14.4. The summed E-state index contributed by atoms with van der Waals surface area (Å²) in [5, 5.41) is 3.20. The van der Waals surface area contributed by atoms with Crippen LogP contribution in [-0.2, 0) is 19.4 Å². The third-order valence-electron chi connectivity index (χ3n) is 4.56. The number of rotatable bonds is 4. The van der Waals surface area contributed by atoms with Crippen molar-refractivity contribution in [1.29, 1.82) is 0 Å². The van der Waals surface area contributed by atoms with Crippen LogP contribution < -0.4 is 11.1 Å². The van der Waals surface area contributed by atoms with Crippen LogP contribution in [0.1, 0.15) is 23.1 Å². The van der Waals surface area contributed by atoms with Gasteiger partial charge >= 0.3 is 0 Å². The first kappa shape index (κ1) is 18.4. The topological polar surface area (TPSA) is 68.2 Å². The normalized spacial score (nSPS) is 13.2. The summed E-state index contributed by atoms with van der Waals surface area (Å²) in [6.45, 7) is 0.512. The van der Waals surface area contributed by atoms with E-state index in [9.17, 15) is 0 Å². The molecule has 1 aromatic heterocycles. The lowest BCUT2D eigenvalue weighted by Gasteiger charge is -2.10. The van der Waals surface area contributed by atoms with Gasteiger partial charge < -0.3 is 15.6 Å². The molecule has 0 aliphatic heterocycles. The van der Waals surface area contributed by atoms with Gasteiger partial charge in [-0.2, -0.15) is 0 Å². The highest BCUT2D eigenvalue weighted by atomic mass is 127. The molecule has 0 spiro atoms. The minimum absolute atomic E-state index is 0. The van der Waals surface area contributed by atoms with E-state index in [0.717, 1.165) is 23.4 Å². The van der Waals surface area contributed by atoms with E-state index in [1.54, 1.807) is 12.5 Å². The summed E-state index contributed by atoms with van der Waals surface area (Å²) in [5.74, 6) is 0.429. The number of nitrogens with zero attached hydrogens (tertiary/aromatic N) is 3. The Bertz CT molecular complexity index is 902. The summed E-state index contributed by atoms with van der Waals surface area (Å²) in [4.78, 5) is 8.61. The number of aliphatic imine (C=N–C) groups is 1. The Morgan fingerprint density at radius 2 is 2.00 bits per heavy atom. The number of para-hydroxylation sites is 1. The van der Waals surface area contributed by atoms with E-state index in [0.29, 0.717) is 12.5 Å². The molecule has 0 saturated carbocycles. The van der Waals surface area contributed by atoms with E-state index in [4.69, 9.17) is 5.73 Å². The van der Waals surface area contributed by atoms with Gasteiger partial charge in [-0.25, -0.2) is 9.98 Å². The first-order chi connectivity index (χ1) is 12.3. The highest BCUT2D eigenvalue weighted by molar-refractivity contribution is 14.0. The molecule has 134 valence electrons. The number of anilines is 1. The highest BCUT2D eigenvalue weighted by Crippen LogP contribution is 2.24. The van der Waals surface area contributed by atoms with Crippen molar-refractivity contribution in [3.63, 3.8) is 0 Å². The van der Waals surface area contributed by atoms with Gasteiger partial charge in [0.05, 0.1) is 18.6 Å². The molecule has 0 radical (unpaired) electrons. The maximum Gasteiger partial charge on any atom is 0.193 e. The Morgan fingerprint density at radius 1 is 1.15 bits per heavy atom. The Hall–Kier alpha value is -2.35. The van der Waals surface area contributed by atoms with Crippen LogP contribution in [-0.4, -0.2) is 15.5 Å². The second kappa shape index (κ2) is 8.35. The van der Waals surface area contributed by atoms with Crippen LogP contribution in [0.15, 0.2) is 66.2 Å². The first-order valence-electron chi connectivity index (χ1n) is 8.54. The van der Waals surface area contributed by atoms with Gasteiger partial charge in [0.1, 0.15) is 0 Å². The fourth-order valence-corrected chi connectivity index (χ4v) is 3.31. The number of aromatic nitrogens is 2. The molecule has 0 fully saturated rings. The largest absolute Gasteiger partial charge is 0.370 e. The summed E-state index contributed by atoms with van der Waals surface area (Å²) < 4.78 is 1.98. The lowest BCUT2D eigenvalue weighted by molar-refractivity contribution is 0.912. The molecule has 6 heteroatoms. The molecule has 26 heavy (non-hydrogen) atoms. The highest BCUT2D eigenvalue weighted by Gasteiger charge is 2.11. The quantitative estimate of drug-likeness (QED) is 0.353. The molecule has 0 amide bonds. The number of fused-ring (bicyclic) bond motifs is 1. The van der Waals surface area contributed by atoms with E-state index in [1.807, 2.05) is 22.9 Å². The number of nitrogens with two attached hydrogens (primary N) is 1. The Morgan fingerprint density at radius 3 is 2.85 bits per heavy atom. The molecule has 2 aromatic carbocycles. The van der Waals surface area contributed by atoms with Gasteiger partial charge in [0.2, 0.25) is 0 Å². The van der Waals surface area contributed by atoms with Crippen molar-refractivity contribution < 1.29 is 0 Å². The van der Waals surface area contributed by atoms with Gasteiger partial charge in [0, 0.05) is 18.1 Å². The smallest absolute Gasteiger partial charge is 0.193 e. The molecule has 0 unspecified atom stereocenters. The molecule has 1 aliphatic rings. The predicted octanol–water partition coefficient (Wildman–Crippen LogP) is 3.91. The van der Waals surface area contributed by atoms with Gasteiger partial charge in [-0.3, -0.25) is 0 Å². The summed E-state index contributed by atoms with van der Waals surface area (Å²) in [6.07, 6.45) is 9.06. The van der Waals surface area contributed by atoms with E-state index in [-0.39, 0.29) is 24.0 Å². The maximum atomic E-state index is 6.09. The molecule has 4 rings (SSSR count). The minimum atomic E-state index is 0. The number of guanidine groups is 1. The van der Waals surface area contributed by atoms with Crippen LogP contribution in [0, 0.1) is 0 Å². The van der Waals surface area contributed by atoms with E-state index in [2.05, 4.69) is 45.6 Å². The molecular formula is C20H22IN5. The molecule has 1 aliphatic carbocycles. The summed E-state index contributed by atoms with van der Waals surface area (Å²) in [5.41, 5.74) is 12.1. The van der Waals surface area contributed by atoms with Gasteiger partial charge in [0.25, 0.3) is 0 Å². The van der Waals surface area contributed by atoms with Crippen molar-refractivity contribution in [2.24, 2.45) is 10.7 Å². The van der Waals surface area contributed by atoms with Crippen LogP contribution >= 0.6 is 24.0 Å². The van der Waals surface area contributed by atoms with Gasteiger partial charge in [0.15, 0.2) is 5.96 Å². The molecule has 0 bridgehead atoms. The Kier molecular flexibility index (Phi) is 5.92. The molecule has 1 heterocycles. The van der Waals surface area contributed by atoms with Crippen molar-refractivity contribution in [2.45, 2.75) is 25.8 Å². The molecular weight excluding hydrogens is 437 g/mol. The van der Waals surface area contributed by atoms with Crippen LogP contribution in [0.25, 0.3) is 5.69 Å². The average Bonchev–Trinajstić information content (AvgIpc) is 3.31. The average molecular weight is 459 g/mol. The monoisotopic (exact) mass is 459 g/mol. The number of benzene rings is 2. The standard InChI is InChI=1S/C20H21N5.HI/c21-20(24-18-9-8-15-5-3-6-16(15)12-18)23-13-17-4-1-2-7-19(17)25-11-10-22-14-25;/h1-2,4,7-12,14H,3,5-6,13H2,(H3,21,23,24);1H. The Balaban J connectivity index is 0.00000196. The van der Waals surface area contributed by atoms with Crippen molar-refractivity contribution in [1.82, 2.24) is 9.55 Å². The molecule has 3 N–H and O–H groups in total. The number of halogens is 1. The number of nitrogens with one attached hydrogen (secondary N) is 1. The lowest BCUT2D eigenvalue weighted by atomic mass is 10.1. The SMILES string of the molecule is I.NC(=NCc1ccccc1-n1ccnc1)Nc1ccc2c(c1)CCC2. The first-order valence-corrected chi connectivity index (χ1v) is 8.54. The molecule has 0 atom stereocenters. The zero-order chi connectivity index (χ0) is 17.1. The summed E-state index contributed by atoms with van der Waals surface area (Å²) in [7, 11) is 0. The van der Waals surface area contributed by atoms with Crippen molar-refractivity contribution in [2.75, 3.05) is 5.32 Å². The number of hydrogen-bond acceptors (Lipinski definition) is 2. The zero-order valence-corrected chi connectivity index (χ0v) is 16.8. The number of hydrogen-bond donors (Lipinski definition) is 2. The molecule has 0 saturated heterocycles. The van der Waals surface area contributed by atoms with Gasteiger partial charge in [-0.1, -0.05) is 24.3 Å². The summed E-state index contributed by atoms with van der Waals surface area (Å²) in [6, 6.07) is 14.6. The predicted molar refractivity (Wildman–Crippen MR) is 116 cm³/mol. The number of aryl methyl sites for hydroxylation is 2. The lowest BCUT2D eigenvalue weighted by Crippen LogP contribution is -2.22. The maximum absolute atomic E-state index is 6.09. The molecule has 3 aromatic rings. The fraction of sp³-hybridized carbons (Fsp3) is 0.200. The van der Waals surface area contributed by atoms with Gasteiger partial charge in [-0.05, 0) is 54.2 Å². The van der Waals surface area contributed by atoms with E-state index < -0.39 is 0 Å². The summed E-state index contributed by atoms with van der Waals surface area (Å²) >= 11 is 0. The second-order valence-corrected chi connectivity index (χ2v) is 6.26. The van der Waals surface area contributed by atoms with Crippen LogP contribution in [0.4, 0.5) is 5.69 Å². The third kappa shape index (κ3) is 4.07. The van der Waals surface area contributed by atoms with Gasteiger partial charge in [-0.15, -0.1) is 24.0 Å². The van der Waals surface area contributed by atoms with Crippen LogP contribution in [0.3, 0.4) is 0 Å². The van der Waals surface area contributed by atoms with Crippen LogP contribution in [0.5, 0.6) is 0 Å². The fourth-order valence-electron chi connectivity index (χ4n) is 3.31. The van der Waals surface area contributed by atoms with Crippen molar-refractivity contribution >= 4 is 35.6 Å². The Labute approximate surface area is 170 Å². The molecule has 5 nitrogen and oxygen atoms in total. The van der Waals surface area contributed by atoms with E-state index in [1.165, 1.54) is 24.0 Å². The second-order valence-electron chi connectivity index (χ2n) is 6.26. The van der Waals surface area contributed by atoms with Crippen molar-refractivity contribution in [3.05, 3.63) is 77.9 Å². The minimum Gasteiger partial charge on any atom is -0.370 e. The van der Waals surface area contributed by atoms with Crippen molar-refractivity contribution in [3.8, 4) is 5.69 Å². The third-order valence-corrected chi connectivity index (χ3v) is 4.56. The van der Waals surface area contributed by atoms with E-state index >= 15 is 0 Å².